The summed E-state index contributed by atoms with van der Waals surface area (Å²) in [4.78, 5) is 14.5. The number of likely N-dealkylation sites (tertiary alicyclic amines) is 1. The van der Waals surface area contributed by atoms with E-state index < -0.39 is 0 Å². The molecule has 4 heteroatoms. The third-order valence-electron chi connectivity index (χ3n) is 4.50. The first-order valence-corrected chi connectivity index (χ1v) is 8.86. The van der Waals surface area contributed by atoms with Gasteiger partial charge in [0, 0.05) is 19.2 Å². The summed E-state index contributed by atoms with van der Waals surface area (Å²) in [6.07, 6.45) is 7.69. The molecule has 0 aromatic rings. The molecular weight excluding hydrogens is 258 g/mol. The van der Waals surface area contributed by atoms with E-state index in [-0.39, 0.29) is 6.61 Å². The molecule has 1 saturated carbocycles. The zero-order valence-electron chi connectivity index (χ0n) is 12.0. The Hall–Kier alpha value is -0.220. The van der Waals surface area contributed by atoms with Crippen molar-refractivity contribution < 1.29 is 9.90 Å². The number of carbonyl (C=O) groups is 1. The van der Waals surface area contributed by atoms with Crippen LogP contribution in [0.4, 0.5) is 0 Å². The van der Waals surface area contributed by atoms with E-state index in [0.29, 0.717) is 23.6 Å². The molecule has 1 saturated heterocycles. The van der Waals surface area contributed by atoms with Crippen LogP contribution < -0.4 is 0 Å². The Morgan fingerprint density at radius 1 is 1.32 bits per heavy atom. The maximum Gasteiger partial charge on any atom is 0.232 e. The van der Waals surface area contributed by atoms with Gasteiger partial charge in [0.05, 0.1) is 5.75 Å². The van der Waals surface area contributed by atoms with Crippen molar-refractivity contribution >= 4 is 17.7 Å². The maximum absolute atomic E-state index is 12.4. The quantitative estimate of drug-likeness (QED) is 0.844. The first-order chi connectivity index (χ1) is 9.22. The van der Waals surface area contributed by atoms with E-state index in [1.54, 1.807) is 11.8 Å². The molecule has 110 valence electrons. The first-order valence-electron chi connectivity index (χ1n) is 7.70. The topological polar surface area (TPSA) is 40.5 Å². The van der Waals surface area contributed by atoms with E-state index in [1.165, 1.54) is 38.5 Å². The Kier molecular flexibility index (Phi) is 6.02. The van der Waals surface area contributed by atoms with Gasteiger partial charge in [0.2, 0.25) is 5.91 Å². The summed E-state index contributed by atoms with van der Waals surface area (Å²) in [6.45, 7) is 3.21. The van der Waals surface area contributed by atoms with Crippen LogP contribution >= 0.6 is 11.8 Å². The molecule has 3 nitrogen and oxygen atoms in total. The fourth-order valence-corrected chi connectivity index (χ4v) is 4.38. The van der Waals surface area contributed by atoms with Crippen molar-refractivity contribution in [1.82, 2.24) is 4.90 Å². The van der Waals surface area contributed by atoms with Crippen LogP contribution in [0.3, 0.4) is 0 Å². The molecule has 1 heterocycles. The molecule has 3 unspecified atom stereocenters. The number of thioether (sulfide) groups is 1. The van der Waals surface area contributed by atoms with Gasteiger partial charge in [0.1, 0.15) is 0 Å². The van der Waals surface area contributed by atoms with Gasteiger partial charge in [-0.1, -0.05) is 19.8 Å². The Morgan fingerprint density at radius 3 is 2.84 bits per heavy atom. The van der Waals surface area contributed by atoms with Crippen LogP contribution in [0.5, 0.6) is 0 Å². The number of rotatable bonds is 5. The minimum atomic E-state index is 0.218. The highest BCUT2D eigenvalue weighted by molar-refractivity contribution is 7.99. The number of hydrogen-bond acceptors (Lipinski definition) is 3. The Balaban J connectivity index is 1.80. The monoisotopic (exact) mass is 285 g/mol. The molecule has 2 aliphatic rings. The summed E-state index contributed by atoms with van der Waals surface area (Å²) < 4.78 is 0. The van der Waals surface area contributed by atoms with Gasteiger partial charge in [0.25, 0.3) is 0 Å². The largest absolute Gasteiger partial charge is 0.396 e. The molecular formula is C15H27NO2S. The van der Waals surface area contributed by atoms with Crippen LogP contribution in [0, 0.1) is 11.8 Å². The summed E-state index contributed by atoms with van der Waals surface area (Å²) in [5.74, 6) is 2.86. The van der Waals surface area contributed by atoms with Gasteiger partial charge in [0.15, 0.2) is 0 Å². The molecule has 1 aliphatic heterocycles. The van der Waals surface area contributed by atoms with Crippen molar-refractivity contribution in [1.29, 1.82) is 0 Å². The van der Waals surface area contributed by atoms with Gasteiger partial charge in [-0.05, 0) is 43.3 Å². The van der Waals surface area contributed by atoms with Crippen molar-refractivity contribution in [2.75, 3.05) is 24.7 Å². The van der Waals surface area contributed by atoms with Gasteiger partial charge in [-0.15, -0.1) is 0 Å². The smallest absolute Gasteiger partial charge is 0.232 e. The lowest BCUT2D eigenvalue weighted by Crippen LogP contribution is -2.50. The molecule has 0 bridgehead atoms. The van der Waals surface area contributed by atoms with Crippen molar-refractivity contribution in [2.24, 2.45) is 11.8 Å². The Bertz CT molecular complexity index is 296. The summed E-state index contributed by atoms with van der Waals surface area (Å²) >= 11 is 1.68. The van der Waals surface area contributed by atoms with Crippen LogP contribution in [0.1, 0.15) is 45.4 Å². The molecule has 2 fully saturated rings. The van der Waals surface area contributed by atoms with E-state index in [4.69, 9.17) is 5.11 Å². The van der Waals surface area contributed by atoms with Gasteiger partial charge in [-0.3, -0.25) is 4.79 Å². The number of hydrogen-bond donors (Lipinski definition) is 1. The molecule has 1 N–H and O–H groups in total. The second-order valence-corrected chi connectivity index (χ2v) is 7.17. The number of fused-ring (bicyclic) bond motifs is 1. The van der Waals surface area contributed by atoms with Crippen LogP contribution in [0.15, 0.2) is 0 Å². The van der Waals surface area contributed by atoms with E-state index in [2.05, 4.69) is 4.90 Å². The molecule has 1 amide bonds. The summed E-state index contributed by atoms with van der Waals surface area (Å²) in [5.41, 5.74) is 0. The zero-order valence-corrected chi connectivity index (χ0v) is 12.8. The predicted molar refractivity (Wildman–Crippen MR) is 80.3 cm³/mol. The van der Waals surface area contributed by atoms with Crippen molar-refractivity contribution in [3.8, 4) is 0 Å². The van der Waals surface area contributed by atoms with Crippen LogP contribution in [-0.2, 0) is 4.79 Å². The van der Waals surface area contributed by atoms with Crippen molar-refractivity contribution in [2.45, 2.75) is 51.5 Å². The lowest BCUT2D eigenvalue weighted by Gasteiger charge is -2.44. The second-order valence-electron chi connectivity index (χ2n) is 6.14. The second kappa shape index (κ2) is 7.53. The third kappa shape index (κ3) is 4.12. The first kappa shape index (κ1) is 15.2. The molecule has 0 aromatic heterocycles. The lowest BCUT2D eigenvalue weighted by atomic mass is 9.78. The normalized spacial score (nSPS) is 28.8. The fraction of sp³-hybridized carbons (Fsp3) is 0.933. The summed E-state index contributed by atoms with van der Waals surface area (Å²) in [6, 6.07) is 0.533. The highest BCUT2D eigenvalue weighted by Gasteiger charge is 2.35. The Labute approximate surface area is 121 Å². The van der Waals surface area contributed by atoms with Crippen molar-refractivity contribution in [3.63, 3.8) is 0 Å². The number of carbonyl (C=O) groups excluding carboxylic acids is 1. The average Bonchev–Trinajstić information content (AvgIpc) is 2.46. The van der Waals surface area contributed by atoms with Crippen LogP contribution in [-0.4, -0.2) is 46.6 Å². The minimum absolute atomic E-state index is 0.218. The molecule has 1 aliphatic carbocycles. The van der Waals surface area contributed by atoms with Gasteiger partial charge >= 0.3 is 0 Å². The molecule has 19 heavy (non-hydrogen) atoms. The van der Waals surface area contributed by atoms with E-state index in [9.17, 15) is 4.79 Å². The van der Waals surface area contributed by atoms with Gasteiger partial charge < -0.3 is 10.0 Å². The highest BCUT2D eigenvalue weighted by Crippen LogP contribution is 2.35. The molecule has 2 rings (SSSR count). The SMILES string of the molecule is CC(CO)CSCC(=O)N1CCCC2CCCCC21. The average molecular weight is 285 g/mol. The Morgan fingerprint density at radius 2 is 2.05 bits per heavy atom. The summed E-state index contributed by atoms with van der Waals surface area (Å²) in [7, 11) is 0. The highest BCUT2D eigenvalue weighted by atomic mass is 32.2. The summed E-state index contributed by atoms with van der Waals surface area (Å²) in [5, 5.41) is 8.99. The van der Waals surface area contributed by atoms with Crippen LogP contribution in [0.25, 0.3) is 0 Å². The zero-order chi connectivity index (χ0) is 13.7. The standard InChI is InChI=1S/C15H27NO2S/c1-12(9-17)10-19-11-15(18)16-8-4-6-13-5-2-3-7-14(13)16/h12-14,17H,2-11H2,1H3. The molecule has 0 spiro atoms. The molecule has 0 aromatic carbocycles. The number of aliphatic hydroxyl groups is 1. The van der Waals surface area contributed by atoms with Gasteiger partial charge in [-0.25, -0.2) is 0 Å². The number of amides is 1. The lowest BCUT2D eigenvalue weighted by molar-refractivity contribution is -0.134. The molecule has 3 atom stereocenters. The number of nitrogens with zero attached hydrogens (tertiary/aromatic N) is 1. The third-order valence-corrected chi connectivity index (χ3v) is 5.76. The number of aliphatic hydroxyl groups excluding tert-OH is 1. The van der Waals surface area contributed by atoms with Crippen molar-refractivity contribution in [3.05, 3.63) is 0 Å². The van der Waals surface area contributed by atoms with E-state index >= 15 is 0 Å². The predicted octanol–water partition coefficient (Wildman–Crippen LogP) is 2.53. The fourth-order valence-electron chi connectivity index (χ4n) is 3.42. The van der Waals surface area contributed by atoms with Gasteiger partial charge in [-0.2, -0.15) is 11.8 Å². The maximum atomic E-state index is 12.4. The minimum Gasteiger partial charge on any atom is -0.396 e. The molecule has 0 radical (unpaired) electrons. The van der Waals surface area contributed by atoms with E-state index in [1.807, 2.05) is 6.92 Å². The van der Waals surface area contributed by atoms with Crippen LogP contribution in [0.2, 0.25) is 0 Å². The van der Waals surface area contributed by atoms with E-state index in [0.717, 1.165) is 18.2 Å². The number of piperidine rings is 1.